The molecule has 1 atom stereocenters. The van der Waals surface area contributed by atoms with Crippen LogP contribution in [0.25, 0.3) is 0 Å². The summed E-state index contributed by atoms with van der Waals surface area (Å²) in [4.78, 5) is 11.1. The van der Waals surface area contributed by atoms with Crippen molar-refractivity contribution in [3.05, 3.63) is 33.5 Å². The van der Waals surface area contributed by atoms with Crippen LogP contribution in [-0.2, 0) is 9.53 Å². The predicted molar refractivity (Wildman–Crippen MR) is 55.8 cm³/mol. The molecule has 0 aromatic heterocycles. The highest BCUT2D eigenvalue weighted by Gasteiger charge is 2.25. The van der Waals surface area contributed by atoms with E-state index in [2.05, 4.69) is 20.7 Å². The Morgan fingerprint density at radius 1 is 1.60 bits per heavy atom. The van der Waals surface area contributed by atoms with E-state index in [9.17, 15) is 14.3 Å². The van der Waals surface area contributed by atoms with Crippen molar-refractivity contribution in [3.63, 3.8) is 0 Å². The van der Waals surface area contributed by atoms with Crippen molar-refractivity contribution in [2.24, 2.45) is 0 Å². The molecule has 0 heterocycles. The first-order valence-electron chi connectivity index (χ1n) is 4.19. The Kier molecular flexibility index (Phi) is 3.82. The standard InChI is InChI=1S/C10H10BrFO3/c1-5-3-4-6(11)7(8(5)12)9(13)10(14)15-2/h3-4,9,13H,1-2H3. The second kappa shape index (κ2) is 4.72. The molecule has 1 aromatic rings. The summed E-state index contributed by atoms with van der Waals surface area (Å²) >= 11 is 3.07. The fourth-order valence-corrected chi connectivity index (χ4v) is 1.68. The fraction of sp³-hybridized carbons (Fsp3) is 0.300. The highest BCUT2D eigenvalue weighted by molar-refractivity contribution is 9.10. The largest absolute Gasteiger partial charge is 0.467 e. The van der Waals surface area contributed by atoms with Gasteiger partial charge in [-0.2, -0.15) is 0 Å². The average molecular weight is 277 g/mol. The van der Waals surface area contributed by atoms with E-state index in [0.717, 1.165) is 7.11 Å². The summed E-state index contributed by atoms with van der Waals surface area (Å²) in [5.74, 6) is -1.50. The zero-order valence-corrected chi connectivity index (χ0v) is 9.84. The van der Waals surface area contributed by atoms with Crippen LogP contribution in [0, 0.1) is 12.7 Å². The molecule has 1 N–H and O–H groups in total. The highest BCUT2D eigenvalue weighted by atomic mass is 79.9. The third-order valence-corrected chi connectivity index (χ3v) is 2.71. The van der Waals surface area contributed by atoms with Gasteiger partial charge >= 0.3 is 5.97 Å². The molecule has 3 nitrogen and oxygen atoms in total. The van der Waals surface area contributed by atoms with Crippen LogP contribution in [0.4, 0.5) is 4.39 Å². The van der Waals surface area contributed by atoms with Gasteiger partial charge in [-0.1, -0.05) is 22.0 Å². The Hall–Kier alpha value is -0.940. The van der Waals surface area contributed by atoms with Crippen LogP contribution in [0.3, 0.4) is 0 Å². The van der Waals surface area contributed by atoms with Crippen molar-refractivity contribution in [1.29, 1.82) is 0 Å². The van der Waals surface area contributed by atoms with E-state index in [4.69, 9.17) is 0 Å². The molecule has 1 rings (SSSR count). The van der Waals surface area contributed by atoms with Crippen molar-refractivity contribution in [1.82, 2.24) is 0 Å². The van der Waals surface area contributed by atoms with Crippen LogP contribution in [0.5, 0.6) is 0 Å². The molecule has 0 bridgehead atoms. The number of rotatable bonds is 2. The third kappa shape index (κ3) is 2.35. The van der Waals surface area contributed by atoms with E-state index >= 15 is 0 Å². The Morgan fingerprint density at radius 2 is 2.20 bits per heavy atom. The number of aliphatic hydroxyl groups excluding tert-OH is 1. The lowest BCUT2D eigenvalue weighted by molar-refractivity contribution is -0.150. The number of methoxy groups -OCH3 is 1. The molecule has 0 spiro atoms. The predicted octanol–water partition coefficient (Wildman–Crippen LogP) is 2.10. The molecule has 1 unspecified atom stereocenters. The van der Waals surface area contributed by atoms with Gasteiger partial charge in [0.25, 0.3) is 0 Å². The van der Waals surface area contributed by atoms with Gasteiger partial charge in [0.05, 0.1) is 7.11 Å². The first kappa shape index (κ1) is 12.1. The smallest absolute Gasteiger partial charge is 0.339 e. The molecular formula is C10H10BrFO3. The number of aliphatic hydroxyl groups is 1. The van der Waals surface area contributed by atoms with Gasteiger partial charge in [-0.25, -0.2) is 9.18 Å². The molecule has 1 aromatic carbocycles. The molecule has 0 fully saturated rings. The number of aryl methyl sites for hydroxylation is 1. The van der Waals surface area contributed by atoms with E-state index in [-0.39, 0.29) is 5.56 Å². The molecule has 0 amide bonds. The number of ether oxygens (including phenoxy) is 1. The zero-order chi connectivity index (χ0) is 11.6. The van der Waals surface area contributed by atoms with Gasteiger partial charge in [-0.15, -0.1) is 0 Å². The Bertz CT molecular complexity index is 392. The maximum atomic E-state index is 13.6. The van der Waals surface area contributed by atoms with Gasteiger partial charge in [0.1, 0.15) is 5.82 Å². The summed E-state index contributed by atoms with van der Waals surface area (Å²) in [5.41, 5.74) is 0.262. The molecule has 0 radical (unpaired) electrons. The molecule has 0 aliphatic heterocycles. The van der Waals surface area contributed by atoms with Crippen LogP contribution in [0.2, 0.25) is 0 Å². The Morgan fingerprint density at radius 3 is 2.73 bits per heavy atom. The normalized spacial score (nSPS) is 12.3. The van der Waals surface area contributed by atoms with Crippen molar-refractivity contribution < 1.29 is 19.0 Å². The van der Waals surface area contributed by atoms with Gasteiger partial charge in [-0.3, -0.25) is 0 Å². The van der Waals surface area contributed by atoms with Crippen LogP contribution in [0.15, 0.2) is 16.6 Å². The topological polar surface area (TPSA) is 46.5 Å². The average Bonchev–Trinajstić information content (AvgIpc) is 2.22. The van der Waals surface area contributed by atoms with E-state index in [1.54, 1.807) is 19.1 Å². The van der Waals surface area contributed by atoms with Crippen LogP contribution in [-0.4, -0.2) is 18.2 Å². The number of benzene rings is 1. The number of hydrogen-bond acceptors (Lipinski definition) is 3. The van der Waals surface area contributed by atoms with Crippen LogP contribution in [0.1, 0.15) is 17.2 Å². The second-order valence-electron chi connectivity index (χ2n) is 3.02. The lowest BCUT2D eigenvalue weighted by Gasteiger charge is -2.12. The van der Waals surface area contributed by atoms with Gasteiger partial charge in [-0.05, 0) is 18.6 Å². The summed E-state index contributed by atoms with van der Waals surface area (Å²) in [6, 6.07) is 3.12. The lowest BCUT2D eigenvalue weighted by atomic mass is 10.1. The Balaban J connectivity index is 3.24. The van der Waals surface area contributed by atoms with E-state index < -0.39 is 17.9 Å². The summed E-state index contributed by atoms with van der Waals surface area (Å²) in [6.07, 6.45) is -1.61. The maximum Gasteiger partial charge on any atom is 0.339 e. The molecule has 0 aliphatic carbocycles. The minimum absolute atomic E-state index is 0.0955. The van der Waals surface area contributed by atoms with Crippen LogP contribution < -0.4 is 0 Å². The first-order chi connectivity index (χ1) is 6.99. The zero-order valence-electron chi connectivity index (χ0n) is 8.25. The summed E-state index contributed by atoms with van der Waals surface area (Å²) < 4.78 is 18.3. The van der Waals surface area contributed by atoms with Gasteiger partial charge < -0.3 is 9.84 Å². The Labute approximate surface area is 95.0 Å². The summed E-state index contributed by atoms with van der Waals surface area (Å²) in [7, 11) is 1.13. The molecule has 82 valence electrons. The summed E-state index contributed by atoms with van der Waals surface area (Å²) in [6.45, 7) is 1.55. The lowest BCUT2D eigenvalue weighted by Crippen LogP contribution is -2.16. The first-order valence-corrected chi connectivity index (χ1v) is 4.98. The minimum atomic E-state index is -1.61. The quantitative estimate of drug-likeness (QED) is 0.842. The minimum Gasteiger partial charge on any atom is -0.467 e. The van der Waals surface area contributed by atoms with E-state index in [1.807, 2.05) is 0 Å². The number of carbonyl (C=O) groups is 1. The second-order valence-corrected chi connectivity index (χ2v) is 3.87. The van der Waals surface area contributed by atoms with Gasteiger partial charge in [0, 0.05) is 10.0 Å². The molecule has 0 saturated carbocycles. The molecule has 5 heteroatoms. The molecule has 15 heavy (non-hydrogen) atoms. The van der Waals surface area contributed by atoms with Crippen molar-refractivity contribution >= 4 is 21.9 Å². The third-order valence-electron chi connectivity index (χ3n) is 2.02. The summed E-state index contributed by atoms with van der Waals surface area (Å²) in [5, 5.41) is 9.53. The SMILES string of the molecule is COC(=O)C(O)c1c(Br)ccc(C)c1F. The van der Waals surface area contributed by atoms with Crippen molar-refractivity contribution in [3.8, 4) is 0 Å². The van der Waals surface area contributed by atoms with Crippen LogP contribution >= 0.6 is 15.9 Å². The highest BCUT2D eigenvalue weighted by Crippen LogP contribution is 2.28. The number of carbonyl (C=O) groups excluding carboxylic acids is 1. The van der Waals surface area contributed by atoms with Crippen molar-refractivity contribution in [2.75, 3.05) is 7.11 Å². The number of esters is 1. The number of hydrogen-bond donors (Lipinski definition) is 1. The molecule has 0 saturated heterocycles. The molecule has 0 aliphatic rings. The van der Waals surface area contributed by atoms with Gasteiger partial charge in [0.15, 0.2) is 6.10 Å². The number of halogens is 2. The van der Waals surface area contributed by atoms with E-state index in [0.29, 0.717) is 10.0 Å². The fourth-order valence-electron chi connectivity index (χ4n) is 1.16. The van der Waals surface area contributed by atoms with E-state index in [1.165, 1.54) is 0 Å². The van der Waals surface area contributed by atoms with Crippen molar-refractivity contribution in [2.45, 2.75) is 13.0 Å². The van der Waals surface area contributed by atoms with Gasteiger partial charge in [0.2, 0.25) is 0 Å². The maximum absolute atomic E-state index is 13.6. The molecular weight excluding hydrogens is 267 g/mol. The monoisotopic (exact) mass is 276 g/mol.